The lowest BCUT2D eigenvalue weighted by molar-refractivity contribution is -0.142. The van der Waals surface area contributed by atoms with Gasteiger partial charge in [-0.2, -0.15) is 0 Å². The summed E-state index contributed by atoms with van der Waals surface area (Å²) < 4.78 is 31.0. The molecule has 15 heavy (non-hydrogen) atoms. The fourth-order valence-electron chi connectivity index (χ4n) is 0.942. The maximum absolute atomic E-state index is 13.3. The lowest BCUT2D eigenvalue weighted by atomic mass is 10.2. The second-order valence-electron chi connectivity index (χ2n) is 2.71. The average Bonchev–Trinajstić information content (AvgIpc) is 2.17. The lowest BCUT2D eigenvalue weighted by Crippen LogP contribution is -2.08. The Balaban J connectivity index is 2.75. The van der Waals surface area contributed by atoms with E-state index in [4.69, 9.17) is 5.11 Å². The Kier molecular flexibility index (Phi) is 4.16. The first-order chi connectivity index (χ1) is 7.02. The first-order valence-electron chi connectivity index (χ1n) is 3.94. The fraction of sp³-hybridized carbons (Fsp3) is 0.222. The van der Waals surface area contributed by atoms with Crippen LogP contribution in [0.1, 0.15) is 5.56 Å². The number of carboxylic acids is 1. The molecule has 0 aliphatic heterocycles. The maximum atomic E-state index is 13.3. The lowest BCUT2D eigenvalue weighted by Gasteiger charge is -2.06. The van der Waals surface area contributed by atoms with E-state index in [1.807, 2.05) is 0 Å². The monoisotopic (exact) mass is 280 g/mol. The maximum Gasteiger partial charge on any atom is 0.329 e. The number of halogens is 3. The molecule has 0 spiro atoms. The molecule has 0 atom stereocenters. The van der Waals surface area contributed by atoms with Gasteiger partial charge in [0.25, 0.3) is 0 Å². The first-order valence-corrected chi connectivity index (χ1v) is 4.73. The number of hydrogen-bond donors (Lipinski definition) is 1. The Bertz CT molecular complexity index is 382. The summed E-state index contributed by atoms with van der Waals surface area (Å²) in [5.41, 5.74) is -0.286. The van der Waals surface area contributed by atoms with Crippen molar-refractivity contribution in [2.24, 2.45) is 0 Å². The van der Waals surface area contributed by atoms with Crippen molar-refractivity contribution in [1.29, 1.82) is 0 Å². The molecular formula is C9H7BrF2O3. The Morgan fingerprint density at radius 1 is 1.47 bits per heavy atom. The Labute approximate surface area is 92.8 Å². The number of aliphatic carboxylic acids is 1. The van der Waals surface area contributed by atoms with Crippen molar-refractivity contribution in [1.82, 2.24) is 0 Å². The smallest absolute Gasteiger partial charge is 0.329 e. The van der Waals surface area contributed by atoms with E-state index in [1.54, 1.807) is 0 Å². The van der Waals surface area contributed by atoms with Crippen LogP contribution in [0.3, 0.4) is 0 Å². The number of ether oxygens (including phenoxy) is 1. The van der Waals surface area contributed by atoms with E-state index in [0.29, 0.717) is 0 Å². The summed E-state index contributed by atoms with van der Waals surface area (Å²) in [5, 5.41) is 8.26. The molecule has 0 aliphatic rings. The van der Waals surface area contributed by atoms with E-state index in [2.05, 4.69) is 20.7 Å². The third kappa shape index (κ3) is 3.24. The van der Waals surface area contributed by atoms with E-state index in [9.17, 15) is 13.6 Å². The zero-order chi connectivity index (χ0) is 11.4. The van der Waals surface area contributed by atoms with Crippen molar-refractivity contribution in [3.8, 4) is 0 Å². The minimum absolute atomic E-state index is 0.109. The van der Waals surface area contributed by atoms with Crippen molar-refractivity contribution in [3.63, 3.8) is 0 Å². The van der Waals surface area contributed by atoms with E-state index in [1.165, 1.54) is 6.07 Å². The van der Waals surface area contributed by atoms with Gasteiger partial charge in [0.05, 0.1) is 16.6 Å². The zero-order valence-electron chi connectivity index (χ0n) is 7.47. The molecule has 0 bridgehead atoms. The highest BCUT2D eigenvalue weighted by Gasteiger charge is 2.12. The van der Waals surface area contributed by atoms with Gasteiger partial charge in [-0.15, -0.1) is 0 Å². The molecule has 1 N–H and O–H groups in total. The molecule has 3 nitrogen and oxygen atoms in total. The highest BCUT2D eigenvalue weighted by atomic mass is 79.9. The number of carboxylic acid groups (broad SMARTS) is 1. The molecule has 6 heteroatoms. The van der Waals surface area contributed by atoms with E-state index >= 15 is 0 Å². The highest BCUT2D eigenvalue weighted by molar-refractivity contribution is 9.10. The topological polar surface area (TPSA) is 46.5 Å². The molecule has 1 rings (SSSR count). The summed E-state index contributed by atoms with van der Waals surface area (Å²) in [6, 6.07) is 2.30. The minimum Gasteiger partial charge on any atom is -0.480 e. The summed E-state index contributed by atoms with van der Waals surface area (Å²) >= 11 is 2.89. The molecule has 0 saturated carbocycles. The predicted molar refractivity (Wildman–Crippen MR) is 51.3 cm³/mol. The molecule has 0 unspecified atom stereocenters. The fourth-order valence-corrected chi connectivity index (χ4v) is 1.31. The van der Waals surface area contributed by atoms with Crippen molar-refractivity contribution in [3.05, 3.63) is 33.8 Å². The molecule has 0 fully saturated rings. The molecule has 0 saturated heterocycles. The average molecular weight is 281 g/mol. The summed E-state index contributed by atoms with van der Waals surface area (Å²) in [6.07, 6.45) is 0. The highest BCUT2D eigenvalue weighted by Crippen LogP contribution is 2.22. The molecule has 0 radical (unpaired) electrons. The molecule has 0 aliphatic carbocycles. The molecule has 0 heterocycles. The molecule has 82 valence electrons. The van der Waals surface area contributed by atoms with Gasteiger partial charge in [0.2, 0.25) is 0 Å². The van der Waals surface area contributed by atoms with Gasteiger partial charge >= 0.3 is 5.97 Å². The van der Waals surface area contributed by atoms with Crippen molar-refractivity contribution < 1.29 is 23.4 Å². The van der Waals surface area contributed by atoms with Gasteiger partial charge in [-0.3, -0.25) is 0 Å². The van der Waals surface area contributed by atoms with Crippen molar-refractivity contribution in [2.75, 3.05) is 6.61 Å². The summed E-state index contributed by atoms with van der Waals surface area (Å²) in [6.45, 7) is -1.01. The number of rotatable bonds is 4. The van der Waals surface area contributed by atoms with Crippen LogP contribution in [0, 0.1) is 11.6 Å². The van der Waals surface area contributed by atoms with Crippen LogP contribution in [-0.2, 0) is 16.1 Å². The van der Waals surface area contributed by atoms with Crippen LogP contribution in [0.15, 0.2) is 16.6 Å². The standard InChI is InChI=1S/C9H7BrF2O3/c10-6-1-2-7(11)5(9(6)12)3-15-4-8(13)14/h1-2H,3-4H2,(H,13,14). The third-order valence-corrected chi connectivity index (χ3v) is 2.22. The van der Waals surface area contributed by atoms with Crippen LogP contribution < -0.4 is 0 Å². The summed E-state index contributed by atoms with van der Waals surface area (Å²) in [5.74, 6) is -2.73. The van der Waals surface area contributed by atoms with E-state index in [-0.39, 0.29) is 10.0 Å². The van der Waals surface area contributed by atoms with Crippen LogP contribution >= 0.6 is 15.9 Å². The van der Waals surface area contributed by atoms with Gasteiger partial charge in [0.15, 0.2) is 0 Å². The number of benzene rings is 1. The van der Waals surface area contributed by atoms with E-state index in [0.717, 1.165) is 6.07 Å². The Morgan fingerprint density at radius 3 is 2.73 bits per heavy atom. The summed E-state index contributed by atoms with van der Waals surface area (Å²) in [4.78, 5) is 10.1. The predicted octanol–water partition coefficient (Wildman–Crippen LogP) is 2.33. The van der Waals surface area contributed by atoms with Crippen molar-refractivity contribution >= 4 is 21.9 Å². The SMILES string of the molecule is O=C(O)COCc1c(F)ccc(Br)c1F. The zero-order valence-corrected chi connectivity index (χ0v) is 9.05. The minimum atomic E-state index is -1.19. The third-order valence-electron chi connectivity index (χ3n) is 1.61. The Hall–Kier alpha value is -1.01. The van der Waals surface area contributed by atoms with Crippen LogP contribution in [0.4, 0.5) is 8.78 Å². The van der Waals surface area contributed by atoms with Crippen LogP contribution in [0.25, 0.3) is 0 Å². The first kappa shape index (κ1) is 12.1. The number of carbonyl (C=O) groups is 1. The Morgan fingerprint density at radius 2 is 2.13 bits per heavy atom. The molecule has 1 aromatic carbocycles. The quantitative estimate of drug-likeness (QED) is 0.861. The molecule has 0 aromatic heterocycles. The number of hydrogen-bond acceptors (Lipinski definition) is 2. The molecule has 0 amide bonds. The second kappa shape index (κ2) is 5.18. The van der Waals surface area contributed by atoms with Crippen LogP contribution in [-0.4, -0.2) is 17.7 Å². The second-order valence-corrected chi connectivity index (χ2v) is 3.56. The van der Waals surface area contributed by atoms with Gasteiger partial charge in [-0.1, -0.05) is 0 Å². The van der Waals surface area contributed by atoms with Gasteiger partial charge in [0.1, 0.15) is 18.2 Å². The van der Waals surface area contributed by atoms with Crippen molar-refractivity contribution in [2.45, 2.75) is 6.61 Å². The molecule has 1 aromatic rings. The van der Waals surface area contributed by atoms with Crippen LogP contribution in [0.5, 0.6) is 0 Å². The van der Waals surface area contributed by atoms with Gasteiger partial charge in [-0.05, 0) is 28.1 Å². The summed E-state index contributed by atoms with van der Waals surface area (Å²) in [7, 11) is 0. The van der Waals surface area contributed by atoms with Gasteiger partial charge in [-0.25, -0.2) is 13.6 Å². The largest absolute Gasteiger partial charge is 0.480 e. The van der Waals surface area contributed by atoms with E-state index < -0.39 is 30.8 Å². The van der Waals surface area contributed by atoms with Crippen LogP contribution in [0.2, 0.25) is 0 Å². The van der Waals surface area contributed by atoms with Gasteiger partial charge in [0, 0.05) is 0 Å². The van der Waals surface area contributed by atoms with Gasteiger partial charge < -0.3 is 9.84 Å². The molecular weight excluding hydrogens is 274 g/mol. The normalized spacial score (nSPS) is 10.3.